The Morgan fingerprint density at radius 3 is 2.38 bits per heavy atom. The molecule has 0 aromatic rings. The number of carbonyl (C=O) groups is 1. The Bertz CT molecular complexity index is 257. The van der Waals surface area contributed by atoms with Crippen LogP contribution in [0.25, 0.3) is 0 Å². The van der Waals surface area contributed by atoms with E-state index >= 15 is 0 Å². The number of ether oxygens (including phenoxy) is 2. The lowest BCUT2D eigenvalue weighted by atomic mass is 9.59. The molecule has 16 heavy (non-hydrogen) atoms. The third-order valence-corrected chi connectivity index (χ3v) is 4.38. The maximum atomic E-state index is 11.6. The molecule has 0 radical (unpaired) electrons. The Morgan fingerprint density at radius 1 is 1.44 bits per heavy atom. The molecule has 1 fully saturated rings. The number of carbonyl (C=O) groups excluding carboxylic acids is 1. The summed E-state index contributed by atoms with van der Waals surface area (Å²) in [6.45, 7) is 7.75. The minimum atomic E-state index is -0.583. The largest absolute Gasteiger partial charge is 0.468 e. The number of esters is 1. The van der Waals surface area contributed by atoms with Crippen LogP contribution in [0.3, 0.4) is 0 Å². The van der Waals surface area contributed by atoms with Crippen molar-refractivity contribution in [1.29, 1.82) is 0 Å². The van der Waals surface area contributed by atoms with E-state index in [0.717, 1.165) is 26.1 Å². The molecule has 0 aromatic carbocycles. The van der Waals surface area contributed by atoms with Crippen LogP contribution in [0.1, 0.15) is 33.6 Å². The molecule has 0 bridgehead atoms. The van der Waals surface area contributed by atoms with E-state index in [1.807, 2.05) is 13.8 Å². The predicted molar refractivity (Wildman–Crippen MR) is 61.9 cm³/mol. The van der Waals surface area contributed by atoms with E-state index in [9.17, 15) is 4.79 Å². The van der Waals surface area contributed by atoms with E-state index in [4.69, 9.17) is 15.2 Å². The van der Waals surface area contributed by atoms with E-state index in [1.165, 1.54) is 7.11 Å². The van der Waals surface area contributed by atoms with Crippen molar-refractivity contribution in [2.45, 2.75) is 39.7 Å². The SMILES string of the molecule is COC(=O)C(N)C(C)(C)C1(C)CCOCC1. The summed E-state index contributed by atoms with van der Waals surface area (Å²) in [7, 11) is 1.38. The first-order chi connectivity index (χ1) is 7.35. The highest BCUT2D eigenvalue weighted by Crippen LogP contribution is 2.48. The molecule has 4 heteroatoms. The number of hydrogen-bond acceptors (Lipinski definition) is 4. The van der Waals surface area contributed by atoms with Gasteiger partial charge in [-0.1, -0.05) is 20.8 Å². The second-order valence-electron chi connectivity index (χ2n) is 5.40. The van der Waals surface area contributed by atoms with Crippen molar-refractivity contribution in [2.24, 2.45) is 16.6 Å². The average molecular weight is 229 g/mol. The first-order valence-corrected chi connectivity index (χ1v) is 5.76. The maximum absolute atomic E-state index is 11.6. The standard InChI is InChI=1S/C12H23NO3/c1-11(2,9(13)10(14)15-4)12(3)5-7-16-8-6-12/h9H,5-8,13H2,1-4H3. The van der Waals surface area contributed by atoms with Gasteiger partial charge in [-0.15, -0.1) is 0 Å². The molecule has 1 saturated heterocycles. The highest BCUT2D eigenvalue weighted by Gasteiger charge is 2.48. The first-order valence-electron chi connectivity index (χ1n) is 5.76. The van der Waals surface area contributed by atoms with Crippen molar-refractivity contribution in [2.75, 3.05) is 20.3 Å². The van der Waals surface area contributed by atoms with Gasteiger partial charge in [-0.3, -0.25) is 4.79 Å². The van der Waals surface area contributed by atoms with Crippen molar-refractivity contribution in [3.8, 4) is 0 Å². The predicted octanol–water partition coefficient (Wildman–Crippen LogP) is 1.33. The van der Waals surface area contributed by atoms with Gasteiger partial charge in [0.2, 0.25) is 0 Å². The first kappa shape index (κ1) is 13.5. The summed E-state index contributed by atoms with van der Waals surface area (Å²) in [6, 6.07) is -0.583. The molecule has 0 aliphatic carbocycles. The highest BCUT2D eigenvalue weighted by atomic mass is 16.5. The fourth-order valence-electron chi connectivity index (χ4n) is 2.26. The Morgan fingerprint density at radius 2 is 1.94 bits per heavy atom. The van der Waals surface area contributed by atoms with Crippen LogP contribution in [-0.4, -0.2) is 32.3 Å². The van der Waals surface area contributed by atoms with Crippen LogP contribution in [0.4, 0.5) is 0 Å². The van der Waals surface area contributed by atoms with Crippen LogP contribution >= 0.6 is 0 Å². The Balaban J connectivity index is 2.85. The molecule has 0 amide bonds. The molecule has 0 aromatic heterocycles. The van der Waals surface area contributed by atoms with Gasteiger partial charge in [0.25, 0.3) is 0 Å². The summed E-state index contributed by atoms with van der Waals surface area (Å²) in [4.78, 5) is 11.6. The van der Waals surface area contributed by atoms with Crippen LogP contribution in [0.2, 0.25) is 0 Å². The van der Waals surface area contributed by atoms with Crippen LogP contribution in [-0.2, 0) is 14.3 Å². The lowest BCUT2D eigenvalue weighted by Gasteiger charge is -2.48. The molecule has 1 heterocycles. The zero-order chi connectivity index (χ0) is 12.4. The summed E-state index contributed by atoms with van der Waals surface area (Å²) in [5.41, 5.74) is 5.75. The topological polar surface area (TPSA) is 61.5 Å². The van der Waals surface area contributed by atoms with Gasteiger partial charge in [0.1, 0.15) is 6.04 Å². The van der Waals surface area contributed by atoms with Gasteiger partial charge in [-0.05, 0) is 23.7 Å². The molecular formula is C12H23NO3. The maximum Gasteiger partial charge on any atom is 0.323 e. The lowest BCUT2D eigenvalue weighted by molar-refractivity contribution is -0.150. The normalized spacial score (nSPS) is 22.6. The van der Waals surface area contributed by atoms with Crippen molar-refractivity contribution in [3.63, 3.8) is 0 Å². The van der Waals surface area contributed by atoms with E-state index in [2.05, 4.69) is 6.92 Å². The third kappa shape index (κ3) is 2.23. The molecule has 94 valence electrons. The molecule has 1 aliphatic rings. The minimum absolute atomic E-state index is 0.0266. The average Bonchev–Trinajstić information content (AvgIpc) is 2.27. The third-order valence-electron chi connectivity index (χ3n) is 4.38. The van der Waals surface area contributed by atoms with Crippen LogP contribution in [0.5, 0.6) is 0 Å². The Kier molecular flexibility index (Phi) is 3.97. The Hall–Kier alpha value is -0.610. The number of hydrogen-bond donors (Lipinski definition) is 1. The number of methoxy groups -OCH3 is 1. The fraction of sp³-hybridized carbons (Fsp3) is 0.917. The van der Waals surface area contributed by atoms with Gasteiger partial charge >= 0.3 is 5.97 Å². The van der Waals surface area contributed by atoms with E-state index in [-0.39, 0.29) is 16.8 Å². The molecule has 4 nitrogen and oxygen atoms in total. The highest BCUT2D eigenvalue weighted by molar-refractivity contribution is 5.76. The summed E-state index contributed by atoms with van der Waals surface area (Å²) in [5.74, 6) is -0.335. The molecule has 1 aliphatic heterocycles. The lowest BCUT2D eigenvalue weighted by Crippen LogP contribution is -2.54. The van der Waals surface area contributed by atoms with Gasteiger partial charge in [0.05, 0.1) is 7.11 Å². The van der Waals surface area contributed by atoms with Crippen molar-refractivity contribution >= 4 is 5.97 Å². The second-order valence-corrected chi connectivity index (χ2v) is 5.40. The fourth-order valence-corrected chi connectivity index (χ4v) is 2.26. The van der Waals surface area contributed by atoms with Gasteiger partial charge < -0.3 is 15.2 Å². The van der Waals surface area contributed by atoms with Gasteiger partial charge in [-0.25, -0.2) is 0 Å². The molecule has 0 spiro atoms. The molecule has 1 rings (SSSR count). The van der Waals surface area contributed by atoms with Crippen LogP contribution in [0, 0.1) is 10.8 Å². The summed E-state index contributed by atoms with van der Waals surface area (Å²) in [6.07, 6.45) is 1.87. The van der Waals surface area contributed by atoms with Crippen molar-refractivity contribution in [1.82, 2.24) is 0 Å². The van der Waals surface area contributed by atoms with E-state index in [0.29, 0.717) is 0 Å². The van der Waals surface area contributed by atoms with Crippen molar-refractivity contribution in [3.05, 3.63) is 0 Å². The monoisotopic (exact) mass is 229 g/mol. The number of rotatable bonds is 3. The van der Waals surface area contributed by atoms with E-state index < -0.39 is 6.04 Å². The molecule has 0 saturated carbocycles. The second kappa shape index (κ2) is 4.72. The smallest absolute Gasteiger partial charge is 0.323 e. The molecule has 1 atom stereocenters. The zero-order valence-corrected chi connectivity index (χ0v) is 10.7. The van der Waals surface area contributed by atoms with Gasteiger partial charge in [-0.2, -0.15) is 0 Å². The van der Waals surface area contributed by atoms with Crippen LogP contribution < -0.4 is 5.73 Å². The van der Waals surface area contributed by atoms with Gasteiger partial charge in [0.15, 0.2) is 0 Å². The number of nitrogens with two attached hydrogens (primary N) is 1. The summed E-state index contributed by atoms with van der Waals surface area (Å²) < 4.78 is 10.1. The molecule has 1 unspecified atom stereocenters. The quantitative estimate of drug-likeness (QED) is 0.742. The Labute approximate surface area is 97.5 Å². The van der Waals surface area contributed by atoms with Gasteiger partial charge in [0, 0.05) is 13.2 Å². The van der Waals surface area contributed by atoms with Crippen LogP contribution in [0.15, 0.2) is 0 Å². The molecular weight excluding hydrogens is 206 g/mol. The molecule has 2 N–H and O–H groups in total. The summed E-state index contributed by atoms with van der Waals surface area (Å²) >= 11 is 0. The minimum Gasteiger partial charge on any atom is -0.468 e. The summed E-state index contributed by atoms with van der Waals surface area (Å²) in [5, 5.41) is 0. The zero-order valence-electron chi connectivity index (χ0n) is 10.7. The van der Waals surface area contributed by atoms with Crippen molar-refractivity contribution < 1.29 is 14.3 Å². The van der Waals surface area contributed by atoms with E-state index in [1.54, 1.807) is 0 Å².